The molecule has 1 amide bonds. The van der Waals surface area contributed by atoms with Gasteiger partial charge in [0.15, 0.2) is 0 Å². The van der Waals surface area contributed by atoms with Crippen LogP contribution in [0.5, 0.6) is 0 Å². The second-order valence-corrected chi connectivity index (χ2v) is 7.25. The van der Waals surface area contributed by atoms with Crippen LogP contribution in [0.3, 0.4) is 0 Å². The Hall–Kier alpha value is -0.870. The van der Waals surface area contributed by atoms with Crippen LogP contribution in [0.15, 0.2) is 28.7 Å². The standard InChI is InChI=1S/C17H23BrN2O/c18-16-4-2-1-3-13(16)11-20(15-9-10-15)17(21)12-5-7-14(19)8-6-12/h1-4,12,14-15H,5-11,19H2. The Morgan fingerprint density at radius 1 is 1.14 bits per heavy atom. The van der Waals surface area contributed by atoms with E-state index in [9.17, 15) is 4.79 Å². The number of rotatable bonds is 4. The van der Waals surface area contributed by atoms with Gasteiger partial charge in [0.2, 0.25) is 5.91 Å². The molecule has 0 atom stereocenters. The van der Waals surface area contributed by atoms with E-state index in [1.165, 1.54) is 5.56 Å². The zero-order valence-electron chi connectivity index (χ0n) is 12.3. The fraction of sp³-hybridized carbons (Fsp3) is 0.588. The van der Waals surface area contributed by atoms with Gasteiger partial charge in [0.1, 0.15) is 0 Å². The van der Waals surface area contributed by atoms with E-state index in [4.69, 9.17) is 5.73 Å². The summed E-state index contributed by atoms with van der Waals surface area (Å²) >= 11 is 3.59. The van der Waals surface area contributed by atoms with Crippen LogP contribution in [0, 0.1) is 5.92 Å². The lowest BCUT2D eigenvalue weighted by atomic mass is 9.85. The van der Waals surface area contributed by atoms with E-state index in [-0.39, 0.29) is 5.92 Å². The number of carbonyl (C=O) groups excluding carboxylic acids is 1. The smallest absolute Gasteiger partial charge is 0.226 e. The fourth-order valence-electron chi connectivity index (χ4n) is 3.18. The number of nitrogens with two attached hydrogens (primary N) is 1. The molecule has 0 bridgehead atoms. The molecule has 114 valence electrons. The van der Waals surface area contributed by atoms with Gasteiger partial charge in [0.05, 0.1) is 0 Å². The van der Waals surface area contributed by atoms with Gasteiger partial charge in [-0.3, -0.25) is 4.79 Å². The van der Waals surface area contributed by atoms with Crippen molar-refractivity contribution in [3.8, 4) is 0 Å². The van der Waals surface area contributed by atoms with Gasteiger partial charge in [-0.15, -0.1) is 0 Å². The minimum atomic E-state index is 0.188. The summed E-state index contributed by atoms with van der Waals surface area (Å²) in [5, 5.41) is 0. The van der Waals surface area contributed by atoms with Crippen LogP contribution >= 0.6 is 15.9 Å². The van der Waals surface area contributed by atoms with Crippen LogP contribution in [0.1, 0.15) is 44.1 Å². The molecule has 0 saturated heterocycles. The Kier molecular flexibility index (Phi) is 4.65. The lowest BCUT2D eigenvalue weighted by Crippen LogP contribution is -2.40. The summed E-state index contributed by atoms with van der Waals surface area (Å²) in [5.74, 6) is 0.535. The number of hydrogen-bond donors (Lipinski definition) is 1. The largest absolute Gasteiger partial charge is 0.335 e. The Bertz CT molecular complexity index is 507. The molecular formula is C17H23BrN2O. The third-order valence-electron chi connectivity index (χ3n) is 4.69. The second-order valence-electron chi connectivity index (χ2n) is 6.40. The summed E-state index contributed by atoms with van der Waals surface area (Å²) in [7, 11) is 0. The predicted octanol–water partition coefficient (Wildman–Crippen LogP) is 3.46. The topological polar surface area (TPSA) is 46.3 Å². The lowest BCUT2D eigenvalue weighted by Gasteiger charge is -2.31. The minimum Gasteiger partial charge on any atom is -0.335 e. The van der Waals surface area contributed by atoms with Crippen molar-refractivity contribution in [1.82, 2.24) is 4.90 Å². The third-order valence-corrected chi connectivity index (χ3v) is 5.46. The molecular weight excluding hydrogens is 328 g/mol. The van der Waals surface area contributed by atoms with Gasteiger partial charge >= 0.3 is 0 Å². The first kappa shape index (κ1) is 15.0. The highest BCUT2D eigenvalue weighted by molar-refractivity contribution is 9.10. The summed E-state index contributed by atoms with van der Waals surface area (Å²) in [6, 6.07) is 8.95. The van der Waals surface area contributed by atoms with Crippen molar-refractivity contribution in [2.75, 3.05) is 0 Å². The highest BCUT2D eigenvalue weighted by Crippen LogP contribution is 2.34. The Balaban J connectivity index is 1.70. The molecule has 2 aliphatic rings. The number of amides is 1. The van der Waals surface area contributed by atoms with E-state index in [2.05, 4.69) is 26.9 Å². The fourth-order valence-corrected chi connectivity index (χ4v) is 3.59. The molecule has 0 radical (unpaired) electrons. The zero-order valence-corrected chi connectivity index (χ0v) is 13.9. The molecule has 2 fully saturated rings. The normalized spacial score (nSPS) is 25.6. The molecule has 1 aromatic carbocycles. The van der Waals surface area contributed by atoms with Crippen LogP contribution in [0.4, 0.5) is 0 Å². The molecule has 4 heteroatoms. The molecule has 0 aromatic heterocycles. The first-order valence-corrected chi connectivity index (χ1v) is 8.74. The van der Waals surface area contributed by atoms with Crippen molar-refractivity contribution in [3.63, 3.8) is 0 Å². The first-order valence-electron chi connectivity index (χ1n) is 7.94. The van der Waals surface area contributed by atoms with Crippen LogP contribution in [-0.4, -0.2) is 22.9 Å². The maximum absolute atomic E-state index is 12.9. The monoisotopic (exact) mass is 350 g/mol. The predicted molar refractivity (Wildman–Crippen MR) is 87.6 cm³/mol. The number of hydrogen-bond acceptors (Lipinski definition) is 2. The summed E-state index contributed by atoms with van der Waals surface area (Å²) in [4.78, 5) is 15.0. The summed E-state index contributed by atoms with van der Waals surface area (Å²) in [6.07, 6.45) is 6.21. The maximum atomic E-state index is 12.9. The van der Waals surface area contributed by atoms with Crippen molar-refractivity contribution in [1.29, 1.82) is 0 Å². The van der Waals surface area contributed by atoms with Crippen molar-refractivity contribution in [2.45, 2.75) is 57.2 Å². The molecule has 2 aliphatic carbocycles. The molecule has 1 aromatic rings. The van der Waals surface area contributed by atoms with Crippen molar-refractivity contribution >= 4 is 21.8 Å². The maximum Gasteiger partial charge on any atom is 0.226 e. The Labute approximate surface area is 135 Å². The van der Waals surface area contributed by atoms with Gasteiger partial charge in [-0.2, -0.15) is 0 Å². The number of nitrogens with zero attached hydrogens (tertiary/aromatic N) is 1. The van der Waals surface area contributed by atoms with E-state index < -0.39 is 0 Å². The van der Waals surface area contributed by atoms with Gasteiger partial charge in [0, 0.05) is 29.0 Å². The van der Waals surface area contributed by atoms with E-state index in [1.807, 2.05) is 18.2 Å². The molecule has 0 heterocycles. The second kappa shape index (κ2) is 6.49. The van der Waals surface area contributed by atoms with E-state index in [0.717, 1.165) is 49.5 Å². The van der Waals surface area contributed by atoms with Gasteiger partial charge in [0.25, 0.3) is 0 Å². The van der Waals surface area contributed by atoms with E-state index >= 15 is 0 Å². The number of carbonyl (C=O) groups is 1. The van der Waals surface area contributed by atoms with Crippen molar-refractivity contribution in [2.24, 2.45) is 11.7 Å². The summed E-state index contributed by atoms with van der Waals surface area (Å²) < 4.78 is 1.09. The van der Waals surface area contributed by atoms with Crippen LogP contribution in [-0.2, 0) is 11.3 Å². The number of halogens is 1. The summed E-state index contributed by atoms with van der Waals surface area (Å²) in [5.41, 5.74) is 7.16. The first-order chi connectivity index (χ1) is 10.1. The lowest BCUT2D eigenvalue weighted by molar-refractivity contribution is -0.137. The zero-order chi connectivity index (χ0) is 14.8. The average Bonchev–Trinajstić information content (AvgIpc) is 3.31. The van der Waals surface area contributed by atoms with Gasteiger partial charge < -0.3 is 10.6 Å². The van der Waals surface area contributed by atoms with Crippen LogP contribution < -0.4 is 5.73 Å². The molecule has 3 nitrogen and oxygen atoms in total. The molecule has 21 heavy (non-hydrogen) atoms. The average molecular weight is 351 g/mol. The van der Waals surface area contributed by atoms with Crippen LogP contribution in [0.25, 0.3) is 0 Å². The molecule has 0 aliphatic heterocycles. The van der Waals surface area contributed by atoms with Gasteiger partial charge in [-0.1, -0.05) is 34.1 Å². The van der Waals surface area contributed by atoms with Crippen LogP contribution in [0.2, 0.25) is 0 Å². The molecule has 0 spiro atoms. The molecule has 2 N–H and O–H groups in total. The van der Waals surface area contributed by atoms with E-state index in [1.54, 1.807) is 0 Å². The van der Waals surface area contributed by atoms with Crippen molar-refractivity contribution < 1.29 is 4.79 Å². The molecule has 2 saturated carbocycles. The van der Waals surface area contributed by atoms with E-state index in [0.29, 0.717) is 18.0 Å². The highest BCUT2D eigenvalue weighted by atomic mass is 79.9. The Morgan fingerprint density at radius 2 is 1.81 bits per heavy atom. The number of benzene rings is 1. The highest BCUT2D eigenvalue weighted by Gasteiger charge is 2.36. The Morgan fingerprint density at radius 3 is 2.43 bits per heavy atom. The third kappa shape index (κ3) is 3.67. The quantitative estimate of drug-likeness (QED) is 0.903. The molecule has 3 rings (SSSR count). The SMILES string of the molecule is NC1CCC(C(=O)N(Cc2ccccc2Br)C2CC2)CC1. The van der Waals surface area contributed by atoms with Gasteiger partial charge in [-0.05, 0) is 50.2 Å². The van der Waals surface area contributed by atoms with Gasteiger partial charge in [-0.25, -0.2) is 0 Å². The molecule has 0 unspecified atom stereocenters. The summed E-state index contributed by atoms with van der Waals surface area (Å²) in [6.45, 7) is 0.730. The van der Waals surface area contributed by atoms with Crippen molar-refractivity contribution in [3.05, 3.63) is 34.3 Å². The minimum absolute atomic E-state index is 0.188.